The van der Waals surface area contributed by atoms with Crippen LogP contribution in [-0.4, -0.2) is 68.8 Å². The summed E-state index contributed by atoms with van der Waals surface area (Å²) in [5.41, 5.74) is 0. The van der Waals surface area contributed by atoms with E-state index < -0.39 is 0 Å². The van der Waals surface area contributed by atoms with Gasteiger partial charge in [-0.3, -0.25) is 9.74 Å². The van der Waals surface area contributed by atoms with E-state index >= 15 is 0 Å². The second-order valence-electron chi connectivity index (χ2n) is 4.93. The standard InChI is InChI=1S/C12H24N2O3/c1-11(2)12(13-3-7-15-8-4-13)17-14-5-9-16-10-6-14/h11-12H,3-10H2,1-2H3. The van der Waals surface area contributed by atoms with Gasteiger partial charge >= 0.3 is 0 Å². The topological polar surface area (TPSA) is 34.2 Å². The molecule has 0 amide bonds. The van der Waals surface area contributed by atoms with Gasteiger partial charge in [0, 0.05) is 26.2 Å². The van der Waals surface area contributed by atoms with E-state index in [1.807, 2.05) is 5.06 Å². The van der Waals surface area contributed by atoms with Gasteiger partial charge in [-0.1, -0.05) is 13.8 Å². The van der Waals surface area contributed by atoms with Gasteiger partial charge in [-0.05, 0) is 5.92 Å². The summed E-state index contributed by atoms with van der Waals surface area (Å²) in [5, 5.41) is 2.05. The lowest BCUT2D eigenvalue weighted by Crippen LogP contribution is -2.51. The van der Waals surface area contributed by atoms with Crippen molar-refractivity contribution in [2.24, 2.45) is 5.92 Å². The average molecular weight is 244 g/mol. The maximum atomic E-state index is 6.12. The van der Waals surface area contributed by atoms with Crippen molar-refractivity contribution in [3.63, 3.8) is 0 Å². The molecule has 0 saturated carbocycles. The molecule has 2 fully saturated rings. The molecule has 100 valence electrons. The van der Waals surface area contributed by atoms with Gasteiger partial charge in [0.25, 0.3) is 0 Å². The van der Waals surface area contributed by atoms with Crippen LogP contribution >= 0.6 is 0 Å². The quantitative estimate of drug-likeness (QED) is 0.722. The van der Waals surface area contributed by atoms with E-state index in [1.54, 1.807) is 0 Å². The minimum atomic E-state index is 0.164. The maximum absolute atomic E-state index is 6.12. The molecule has 0 radical (unpaired) electrons. The number of hydroxylamine groups is 2. The predicted octanol–water partition coefficient (Wildman–Crippen LogP) is 0.565. The molecule has 0 bridgehead atoms. The highest BCUT2D eigenvalue weighted by Gasteiger charge is 2.27. The zero-order valence-electron chi connectivity index (χ0n) is 10.9. The van der Waals surface area contributed by atoms with Crippen molar-refractivity contribution in [1.29, 1.82) is 0 Å². The normalized spacial score (nSPS) is 26.3. The molecule has 2 rings (SSSR count). The average Bonchev–Trinajstić information content (AvgIpc) is 2.38. The van der Waals surface area contributed by atoms with Gasteiger partial charge < -0.3 is 9.47 Å². The molecule has 5 heteroatoms. The zero-order valence-corrected chi connectivity index (χ0v) is 10.9. The van der Waals surface area contributed by atoms with E-state index in [1.165, 1.54) is 0 Å². The molecule has 0 N–H and O–H groups in total. The maximum Gasteiger partial charge on any atom is 0.134 e. The molecule has 1 atom stereocenters. The van der Waals surface area contributed by atoms with Crippen molar-refractivity contribution in [1.82, 2.24) is 9.96 Å². The van der Waals surface area contributed by atoms with Crippen LogP contribution in [-0.2, 0) is 14.3 Å². The molecular formula is C12H24N2O3. The SMILES string of the molecule is CC(C)C(ON1CCOCC1)N1CCOCC1. The fraction of sp³-hybridized carbons (Fsp3) is 1.00. The van der Waals surface area contributed by atoms with Gasteiger partial charge in [0.2, 0.25) is 0 Å². The summed E-state index contributed by atoms with van der Waals surface area (Å²) in [6.45, 7) is 11.3. The van der Waals surface area contributed by atoms with Crippen LogP contribution in [0.1, 0.15) is 13.8 Å². The first-order valence-corrected chi connectivity index (χ1v) is 6.58. The summed E-state index contributed by atoms with van der Waals surface area (Å²) >= 11 is 0. The Labute approximate surface area is 104 Å². The Morgan fingerprint density at radius 2 is 1.41 bits per heavy atom. The number of morpholine rings is 2. The van der Waals surface area contributed by atoms with Crippen LogP contribution in [0.4, 0.5) is 0 Å². The third kappa shape index (κ3) is 3.89. The molecule has 0 aromatic heterocycles. The highest BCUT2D eigenvalue weighted by molar-refractivity contribution is 4.69. The van der Waals surface area contributed by atoms with Crippen molar-refractivity contribution >= 4 is 0 Å². The van der Waals surface area contributed by atoms with E-state index in [-0.39, 0.29) is 6.23 Å². The highest BCUT2D eigenvalue weighted by atomic mass is 16.7. The van der Waals surface area contributed by atoms with Crippen LogP contribution in [0, 0.1) is 5.92 Å². The van der Waals surface area contributed by atoms with Crippen LogP contribution in [0.2, 0.25) is 0 Å². The van der Waals surface area contributed by atoms with E-state index in [0.717, 1.165) is 52.6 Å². The smallest absolute Gasteiger partial charge is 0.134 e. The van der Waals surface area contributed by atoms with Crippen LogP contribution in [0.25, 0.3) is 0 Å². The highest BCUT2D eigenvalue weighted by Crippen LogP contribution is 2.16. The number of ether oxygens (including phenoxy) is 2. The second kappa shape index (κ2) is 6.66. The molecule has 1 unspecified atom stereocenters. The second-order valence-corrected chi connectivity index (χ2v) is 4.93. The number of nitrogens with zero attached hydrogens (tertiary/aromatic N) is 2. The lowest BCUT2D eigenvalue weighted by molar-refractivity contribution is -0.276. The minimum Gasteiger partial charge on any atom is -0.379 e. The molecule has 0 aromatic rings. The Morgan fingerprint density at radius 1 is 0.882 bits per heavy atom. The fourth-order valence-electron chi connectivity index (χ4n) is 2.25. The molecular weight excluding hydrogens is 220 g/mol. The van der Waals surface area contributed by atoms with Gasteiger partial charge in [0.15, 0.2) is 0 Å². The number of hydrogen-bond acceptors (Lipinski definition) is 5. The summed E-state index contributed by atoms with van der Waals surface area (Å²) < 4.78 is 10.7. The van der Waals surface area contributed by atoms with Gasteiger partial charge in [0.1, 0.15) is 6.23 Å². The summed E-state index contributed by atoms with van der Waals surface area (Å²) in [7, 11) is 0. The van der Waals surface area contributed by atoms with Crippen molar-refractivity contribution in [2.75, 3.05) is 52.6 Å². The largest absolute Gasteiger partial charge is 0.379 e. The van der Waals surface area contributed by atoms with Crippen LogP contribution in [0.5, 0.6) is 0 Å². The van der Waals surface area contributed by atoms with Crippen molar-refractivity contribution < 1.29 is 14.3 Å². The van der Waals surface area contributed by atoms with E-state index in [9.17, 15) is 0 Å². The predicted molar refractivity (Wildman–Crippen MR) is 64.5 cm³/mol. The minimum absolute atomic E-state index is 0.164. The van der Waals surface area contributed by atoms with Gasteiger partial charge in [-0.2, -0.15) is 5.06 Å². The summed E-state index contributed by atoms with van der Waals surface area (Å²) in [5.74, 6) is 0.482. The van der Waals surface area contributed by atoms with Gasteiger partial charge in [-0.25, -0.2) is 0 Å². The van der Waals surface area contributed by atoms with Crippen LogP contribution < -0.4 is 0 Å². The molecule has 2 saturated heterocycles. The third-order valence-electron chi connectivity index (χ3n) is 3.20. The molecule has 17 heavy (non-hydrogen) atoms. The molecule has 0 spiro atoms. The Bertz CT molecular complexity index is 214. The van der Waals surface area contributed by atoms with Crippen LogP contribution in [0.3, 0.4) is 0 Å². The monoisotopic (exact) mass is 244 g/mol. The van der Waals surface area contributed by atoms with Crippen LogP contribution in [0.15, 0.2) is 0 Å². The van der Waals surface area contributed by atoms with E-state index in [0.29, 0.717) is 5.92 Å². The van der Waals surface area contributed by atoms with Crippen molar-refractivity contribution in [2.45, 2.75) is 20.1 Å². The van der Waals surface area contributed by atoms with Gasteiger partial charge in [0.05, 0.1) is 26.4 Å². The first-order valence-electron chi connectivity index (χ1n) is 6.58. The van der Waals surface area contributed by atoms with E-state index in [4.69, 9.17) is 14.3 Å². The Hall–Kier alpha value is -0.200. The van der Waals surface area contributed by atoms with Crippen molar-refractivity contribution in [3.8, 4) is 0 Å². The summed E-state index contributed by atoms with van der Waals surface area (Å²) in [4.78, 5) is 8.49. The first kappa shape index (κ1) is 13.2. The number of hydrogen-bond donors (Lipinski definition) is 0. The molecule has 0 aromatic carbocycles. The molecule has 0 aliphatic carbocycles. The lowest BCUT2D eigenvalue weighted by Gasteiger charge is -2.39. The molecule has 2 aliphatic heterocycles. The van der Waals surface area contributed by atoms with Gasteiger partial charge in [-0.15, -0.1) is 0 Å². The first-order chi connectivity index (χ1) is 8.27. The Kier molecular flexibility index (Phi) is 5.18. The lowest BCUT2D eigenvalue weighted by atomic mass is 10.1. The third-order valence-corrected chi connectivity index (χ3v) is 3.20. The molecule has 2 heterocycles. The number of rotatable bonds is 4. The fourth-order valence-corrected chi connectivity index (χ4v) is 2.25. The van der Waals surface area contributed by atoms with Crippen molar-refractivity contribution in [3.05, 3.63) is 0 Å². The molecule has 2 aliphatic rings. The summed E-state index contributed by atoms with van der Waals surface area (Å²) in [6, 6.07) is 0. The van der Waals surface area contributed by atoms with E-state index in [2.05, 4.69) is 18.7 Å². The zero-order chi connectivity index (χ0) is 12.1. The molecule has 5 nitrogen and oxygen atoms in total. The summed E-state index contributed by atoms with van der Waals surface area (Å²) in [6.07, 6.45) is 0.164. The Morgan fingerprint density at radius 3 is 1.94 bits per heavy atom. The Balaban J connectivity index is 1.86.